The molecule has 0 bridgehead atoms. The van der Waals surface area contributed by atoms with E-state index in [4.69, 9.17) is 65.8 Å². The molecule has 0 radical (unpaired) electrons. The highest BCUT2D eigenvalue weighted by Crippen LogP contribution is 2.25. The number of hydrogen-bond donors (Lipinski definition) is 3. The van der Waals surface area contributed by atoms with Gasteiger partial charge < -0.3 is 28.0 Å². The van der Waals surface area contributed by atoms with Crippen LogP contribution in [0, 0.1) is 0 Å². The second-order valence-electron chi connectivity index (χ2n) is 2.32. The quantitative estimate of drug-likeness (QED) is 0.306. The van der Waals surface area contributed by atoms with Gasteiger partial charge in [-0.2, -0.15) is 0 Å². The van der Waals surface area contributed by atoms with Crippen LogP contribution in [0.15, 0.2) is 0 Å². The molecule has 20 heavy (non-hydrogen) atoms. The summed E-state index contributed by atoms with van der Waals surface area (Å²) in [4.78, 5) is 21.6. The molecule has 0 aromatic rings. The monoisotopic (exact) mass is 428 g/mol. The zero-order valence-electron chi connectivity index (χ0n) is 11.8. The smallest absolute Gasteiger partial charge is 0.408 e. The maximum atomic E-state index is 8.88. The zero-order valence-corrected chi connectivity index (χ0v) is 19.2. The van der Waals surface area contributed by atoms with Gasteiger partial charge in [-0.3, -0.25) is 0 Å². The van der Waals surface area contributed by atoms with Crippen molar-refractivity contribution in [3.8, 4) is 0 Å². The molecule has 0 saturated carbocycles. The lowest BCUT2D eigenvalue weighted by Gasteiger charge is -1.84. The molecular formula is C6H24Cl3O7PSi3. The number of rotatable bonds is 6. The van der Waals surface area contributed by atoms with Gasteiger partial charge >= 0.3 is 7.82 Å². The van der Waals surface area contributed by atoms with E-state index in [0.29, 0.717) is 0 Å². The van der Waals surface area contributed by atoms with Crippen LogP contribution in [0.2, 0.25) is 0 Å². The van der Waals surface area contributed by atoms with Crippen LogP contribution < -0.4 is 0 Å². The first kappa shape index (κ1) is 29.5. The number of hydrogen-bond acceptors (Lipinski definition) is 4. The summed E-state index contributed by atoms with van der Waals surface area (Å²) in [6.45, 7) is 8.14. The van der Waals surface area contributed by atoms with E-state index < -0.39 is 35.0 Å². The maximum Gasteiger partial charge on any atom is 0.466 e. The predicted molar refractivity (Wildman–Crippen MR) is 92.3 cm³/mol. The Bertz CT molecular complexity index is 163. The molecule has 7 nitrogen and oxygen atoms in total. The minimum atomic E-state index is -4.64. The Morgan fingerprint density at radius 2 is 0.950 bits per heavy atom. The largest absolute Gasteiger partial charge is 0.466 e. The second-order valence-corrected chi connectivity index (χ2v) is 7.19. The van der Waals surface area contributed by atoms with E-state index in [0.717, 1.165) is 19.8 Å². The molecule has 14 heteroatoms. The fraction of sp³-hybridized carbons (Fsp3) is 1.00. The molecule has 128 valence electrons. The summed E-state index contributed by atoms with van der Waals surface area (Å²) in [5, 5.41) is 0. The van der Waals surface area contributed by atoms with Gasteiger partial charge in [0.25, 0.3) is 27.2 Å². The van der Waals surface area contributed by atoms with Crippen molar-refractivity contribution in [2.75, 3.05) is 19.8 Å². The number of halogens is 3. The highest BCUT2D eigenvalue weighted by molar-refractivity contribution is 7.45. The van der Waals surface area contributed by atoms with Crippen LogP contribution in [0.5, 0.6) is 0 Å². The van der Waals surface area contributed by atoms with Crippen LogP contribution in [-0.2, 0) is 17.8 Å². The molecule has 0 rings (SSSR count). The average Bonchev–Trinajstić information content (AvgIpc) is 2.31. The SMILES string of the molecule is CCO[SiH2]Cl.CCO[SiH2]Cl.CCO[SiH2]Cl.O=P(O)(O)O. The van der Waals surface area contributed by atoms with Crippen LogP contribution in [0.4, 0.5) is 0 Å². The third-order valence-electron chi connectivity index (χ3n) is 0.844. The van der Waals surface area contributed by atoms with Gasteiger partial charge in [0.1, 0.15) is 0 Å². The van der Waals surface area contributed by atoms with Gasteiger partial charge in [0, 0.05) is 19.8 Å². The first-order chi connectivity index (χ1) is 9.24. The summed E-state index contributed by atoms with van der Waals surface area (Å²) in [5.41, 5.74) is 0. The Balaban J connectivity index is -0.0000000853. The van der Waals surface area contributed by atoms with Crippen molar-refractivity contribution in [1.82, 2.24) is 0 Å². The molecule has 0 amide bonds. The molecule has 0 aliphatic rings. The van der Waals surface area contributed by atoms with Gasteiger partial charge in [-0.05, 0) is 20.8 Å². The molecular weight excluding hydrogens is 406 g/mol. The lowest BCUT2D eigenvalue weighted by molar-refractivity contribution is 0.275. The van der Waals surface area contributed by atoms with Crippen molar-refractivity contribution in [2.45, 2.75) is 20.8 Å². The van der Waals surface area contributed by atoms with Crippen LogP contribution >= 0.6 is 41.1 Å². The molecule has 0 heterocycles. The Hall–Kier alpha value is 1.51. The summed E-state index contributed by atoms with van der Waals surface area (Å²) in [5.74, 6) is 0. The molecule has 0 spiro atoms. The molecule has 0 unspecified atom stereocenters. The highest BCUT2D eigenvalue weighted by Gasteiger charge is 2.00. The normalized spacial score (nSPS) is 11.1. The van der Waals surface area contributed by atoms with Crippen molar-refractivity contribution >= 4 is 68.3 Å². The van der Waals surface area contributed by atoms with E-state index in [1.54, 1.807) is 0 Å². The highest BCUT2D eigenvalue weighted by atomic mass is 35.6. The van der Waals surface area contributed by atoms with Crippen LogP contribution in [-0.4, -0.2) is 61.7 Å². The molecule has 0 atom stereocenters. The van der Waals surface area contributed by atoms with Crippen LogP contribution in [0.3, 0.4) is 0 Å². The van der Waals surface area contributed by atoms with Crippen LogP contribution in [0.1, 0.15) is 20.8 Å². The first-order valence-corrected chi connectivity index (χ1v) is 15.1. The maximum absolute atomic E-state index is 8.88. The standard InChI is InChI=1S/3C2H7ClOSi.H3O4P/c3*1-2-4-5-3;1-5(2,3)4/h3*2,5H2,1H3;(H3,1,2,3,4). The lowest BCUT2D eigenvalue weighted by Crippen LogP contribution is -1.86. The molecule has 0 aliphatic heterocycles. The predicted octanol–water partition coefficient (Wildman–Crippen LogP) is -0.147. The van der Waals surface area contributed by atoms with Crippen molar-refractivity contribution in [1.29, 1.82) is 0 Å². The van der Waals surface area contributed by atoms with E-state index in [1.165, 1.54) is 0 Å². The van der Waals surface area contributed by atoms with E-state index >= 15 is 0 Å². The molecule has 0 aliphatic carbocycles. The summed E-state index contributed by atoms with van der Waals surface area (Å²) in [6, 6.07) is 0. The lowest BCUT2D eigenvalue weighted by atomic mass is 10.9. The summed E-state index contributed by atoms with van der Waals surface area (Å²) in [6.07, 6.45) is 0. The fourth-order valence-electron chi connectivity index (χ4n) is 0.231. The van der Waals surface area contributed by atoms with Gasteiger partial charge in [-0.25, -0.2) is 4.57 Å². The van der Waals surface area contributed by atoms with Crippen molar-refractivity contribution in [2.24, 2.45) is 0 Å². The summed E-state index contributed by atoms with van der Waals surface area (Å²) < 4.78 is 23.1. The Morgan fingerprint density at radius 3 is 0.950 bits per heavy atom. The molecule has 0 aromatic heterocycles. The van der Waals surface area contributed by atoms with E-state index in [-0.39, 0.29) is 0 Å². The Labute approximate surface area is 141 Å². The Kier molecular flexibility index (Phi) is 42.3. The van der Waals surface area contributed by atoms with E-state index in [2.05, 4.69) is 0 Å². The first-order valence-electron chi connectivity index (χ1n) is 5.44. The van der Waals surface area contributed by atoms with Crippen molar-refractivity contribution in [3.05, 3.63) is 0 Å². The molecule has 0 aromatic carbocycles. The molecule has 0 fully saturated rings. The van der Waals surface area contributed by atoms with E-state index in [9.17, 15) is 0 Å². The average molecular weight is 430 g/mol. The third-order valence-corrected chi connectivity index (χ3v) is 3.92. The minimum Gasteiger partial charge on any atom is -0.408 e. The van der Waals surface area contributed by atoms with Gasteiger partial charge in [0.15, 0.2) is 0 Å². The Morgan fingerprint density at radius 1 is 0.800 bits per heavy atom. The fourth-order valence-corrected chi connectivity index (χ4v) is 2.08. The summed E-state index contributed by atoms with van der Waals surface area (Å²) >= 11 is 15.7. The minimum absolute atomic E-state index is 0.614. The zero-order chi connectivity index (χ0) is 16.9. The molecule has 3 N–H and O–H groups in total. The van der Waals surface area contributed by atoms with Gasteiger partial charge in [-0.15, -0.1) is 33.2 Å². The van der Waals surface area contributed by atoms with Crippen molar-refractivity contribution in [3.63, 3.8) is 0 Å². The van der Waals surface area contributed by atoms with Crippen LogP contribution in [0.25, 0.3) is 0 Å². The van der Waals surface area contributed by atoms with Gasteiger partial charge in [0.2, 0.25) is 0 Å². The number of phosphoric acid groups is 1. The third kappa shape index (κ3) is 119. The van der Waals surface area contributed by atoms with Gasteiger partial charge in [-0.1, -0.05) is 0 Å². The molecule has 0 saturated heterocycles. The van der Waals surface area contributed by atoms with E-state index in [1.807, 2.05) is 20.8 Å². The summed E-state index contributed by atoms with van der Waals surface area (Å²) in [7, 11) is -6.48. The van der Waals surface area contributed by atoms with Crippen molar-refractivity contribution < 1.29 is 32.5 Å². The van der Waals surface area contributed by atoms with Gasteiger partial charge in [0.05, 0.1) is 0 Å². The second kappa shape index (κ2) is 28.6. The topological polar surface area (TPSA) is 105 Å².